The van der Waals surface area contributed by atoms with E-state index in [2.05, 4.69) is 5.92 Å². The molecule has 1 fully saturated rings. The molecule has 1 N–H and O–H groups in total. The Hall–Kier alpha value is -2.78. The van der Waals surface area contributed by atoms with Crippen molar-refractivity contribution in [1.29, 1.82) is 0 Å². The number of nitrogens with zero attached hydrogens (tertiary/aromatic N) is 1. The van der Waals surface area contributed by atoms with E-state index in [4.69, 9.17) is 25.4 Å². The molecule has 0 radical (unpaired) electrons. The van der Waals surface area contributed by atoms with Crippen molar-refractivity contribution in [3.8, 4) is 12.3 Å². The summed E-state index contributed by atoms with van der Waals surface area (Å²) in [6, 6.07) is 0. The highest BCUT2D eigenvalue weighted by Gasteiger charge is 2.40. The minimum absolute atomic E-state index is 0.0645. The van der Waals surface area contributed by atoms with E-state index in [9.17, 15) is 27.6 Å². The van der Waals surface area contributed by atoms with Gasteiger partial charge in [0.1, 0.15) is 31.1 Å². The van der Waals surface area contributed by atoms with Gasteiger partial charge in [0.05, 0.1) is 12.7 Å². The number of halogens is 3. The number of carbonyl (C=O) groups is 1. The SMILES string of the molecule is C#CCO[C@H]1C[C@H](n2cc(C(F)(F)F)c(=O)[nH]c2=O)O[C@@H]1COC(=O)OCCCCCC. The van der Waals surface area contributed by atoms with Gasteiger partial charge in [-0.25, -0.2) is 9.59 Å². The minimum Gasteiger partial charge on any atom is -0.434 e. The topological polar surface area (TPSA) is 109 Å². The number of rotatable bonds is 10. The molecule has 0 bridgehead atoms. The zero-order valence-electron chi connectivity index (χ0n) is 17.5. The van der Waals surface area contributed by atoms with Crippen LogP contribution in [0.25, 0.3) is 0 Å². The van der Waals surface area contributed by atoms with Gasteiger partial charge in [-0.05, 0) is 6.42 Å². The van der Waals surface area contributed by atoms with Gasteiger partial charge in [0, 0.05) is 12.6 Å². The molecule has 178 valence electrons. The number of hydrogen-bond donors (Lipinski definition) is 1. The van der Waals surface area contributed by atoms with Crippen LogP contribution in [0.2, 0.25) is 0 Å². The molecule has 1 aromatic heterocycles. The second-order valence-corrected chi connectivity index (χ2v) is 7.10. The van der Waals surface area contributed by atoms with Crippen molar-refractivity contribution in [3.05, 3.63) is 32.6 Å². The van der Waals surface area contributed by atoms with Gasteiger partial charge in [0.25, 0.3) is 5.56 Å². The number of terminal acetylenes is 1. The van der Waals surface area contributed by atoms with E-state index in [-0.39, 0.29) is 26.2 Å². The van der Waals surface area contributed by atoms with Crippen LogP contribution in [0, 0.1) is 12.3 Å². The molecule has 0 unspecified atom stereocenters. The molecule has 1 aliphatic heterocycles. The first-order chi connectivity index (χ1) is 15.2. The number of hydrogen-bond acceptors (Lipinski definition) is 7. The molecule has 0 amide bonds. The van der Waals surface area contributed by atoms with Crippen molar-refractivity contribution in [2.24, 2.45) is 0 Å². The Labute approximate surface area is 181 Å². The Morgan fingerprint density at radius 2 is 2.06 bits per heavy atom. The highest BCUT2D eigenvalue weighted by atomic mass is 19.4. The number of aromatic nitrogens is 2. The molecule has 1 saturated heterocycles. The molecular weight excluding hydrogens is 437 g/mol. The molecule has 9 nitrogen and oxygen atoms in total. The van der Waals surface area contributed by atoms with Crippen molar-refractivity contribution in [2.45, 2.75) is 63.6 Å². The van der Waals surface area contributed by atoms with E-state index >= 15 is 0 Å². The molecule has 0 aliphatic carbocycles. The van der Waals surface area contributed by atoms with Gasteiger partial charge in [0.2, 0.25) is 0 Å². The van der Waals surface area contributed by atoms with Crippen molar-refractivity contribution < 1.29 is 36.9 Å². The number of alkyl halides is 3. The number of H-pyrrole nitrogens is 1. The summed E-state index contributed by atoms with van der Waals surface area (Å²) in [4.78, 5) is 37.0. The maximum Gasteiger partial charge on any atom is 0.508 e. The summed E-state index contributed by atoms with van der Waals surface area (Å²) in [5.41, 5.74) is -4.19. The minimum atomic E-state index is -4.97. The van der Waals surface area contributed by atoms with Gasteiger partial charge in [-0.15, -0.1) is 6.42 Å². The Morgan fingerprint density at radius 1 is 1.31 bits per heavy atom. The lowest BCUT2D eigenvalue weighted by molar-refractivity contribution is -0.139. The molecule has 0 spiro atoms. The lowest BCUT2D eigenvalue weighted by Gasteiger charge is -2.18. The fourth-order valence-electron chi connectivity index (χ4n) is 3.13. The average Bonchev–Trinajstić information content (AvgIpc) is 3.12. The first-order valence-corrected chi connectivity index (χ1v) is 10.1. The van der Waals surface area contributed by atoms with Gasteiger partial charge in [-0.1, -0.05) is 32.1 Å². The van der Waals surface area contributed by atoms with Crippen molar-refractivity contribution in [1.82, 2.24) is 9.55 Å². The van der Waals surface area contributed by atoms with Crippen LogP contribution in [0.15, 0.2) is 15.8 Å². The predicted octanol–water partition coefficient (Wildman–Crippen LogP) is 2.59. The van der Waals surface area contributed by atoms with E-state index in [1.165, 1.54) is 0 Å². The second kappa shape index (κ2) is 11.7. The number of nitrogens with one attached hydrogen (secondary N) is 1. The van der Waals surface area contributed by atoms with E-state index in [0.717, 1.165) is 19.3 Å². The highest BCUT2D eigenvalue weighted by molar-refractivity contribution is 5.59. The fraction of sp³-hybridized carbons (Fsp3) is 0.650. The third-order valence-corrected chi connectivity index (χ3v) is 4.73. The maximum absolute atomic E-state index is 13.1. The van der Waals surface area contributed by atoms with Crippen molar-refractivity contribution >= 4 is 6.16 Å². The van der Waals surface area contributed by atoms with E-state index < -0.39 is 47.6 Å². The van der Waals surface area contributed by atoms with Gasteiger partial charge in [-0.3, -0.25) is 14.3 Å². The Bertz CT molecular complexity index is 919. The van der Waals surface area contributed by atoms with E-state index in [0.29, 0.717) is 17.2 Å². The number of aromatic amines is 1. The molecule has 2 rings (SSSR count). The van der Waals surface area contributed by atoms with E-state index in [1.54, 1.807) is 4.98 Å². The largest absolute Gasteiger partial charge is 0.508 e. The van der Waals surface area contributed by atoms with Gasteiger partial charge in [0.15, 0.2) is 0 Å². The van der Waals surface area contributed by atoms with E-state index in [1.807, 2.05) is 6.92 Å². The Kier molecular flexibility index (Phi) is 9.34. The summed E-state index contributed by atoms with van der Waals surface area (Å²) < 4.78 is 60.8. The highest BCUT2D eigenvalue weighted by Crippen LogP contribution is 2.32. The fourth-order valence-corrected chi connectivity index (χ4v) is 3.13. The number of ether oxygens (including phenoxy) is 4. The van der Waals surface area contributed by atoms with Gasteiger partial charge >= 0.3 is 18.0 Å². The zero-order chi connectivity index (χ0) is 23.7. The van der Waals surface area contributed by atoms with Crippen molar-refractivity contribution in [3.63, 3.8) is 0 Å². The third-order valence-electron chi connectivity index (χ3n) is 4.73. The molecular formula is C20H25F3N2O7. The second-order valence-electron chi connectivity index (χ2n) is 7.10. The van der Waals surface area contributed by atoms with Crippen LogP contribution in [-0.4, -0.2) is 47.7 Å². The summed E-state index contributed by atoms with van der Waals surface area (Å²) in [5, 5.41) is 0. The molecule has 3 atom stereocenters. The first kappa shape index (κ1) is 25.5. The molecule has 1 aliphatic rings. The normalized spacial score (nSPS) is 20.7. The first-order valence-electron chi connectivity index (χ1n) is 10.1. The Balaban J connectivity index is 2.06. The molecule has 12 heteroatoms. The van der Waals surface area contributed by atoms with Crippen LogP contribution in [0.3, 0.4) is 0 Å². The molecule has 32 heavy (non-hydrogen) atoms. The number of carbonyl (C=O) groups excluding carboxylic acids is 1. The lowest BCUT2D eigenvalue weighted by Crippen LogP contribution is -2.36. The summed E-state index contributed by atoms with van der Waals surface area (Å²) >= 11 is 0. The summed E-state index contributed by atoms with van der Waals surface area (Å²) in [6.07, 6.45) is 0.352. The van der Waals surface area contributed by atoms with Gasteiger partial charge in [-0.2, -0.15) is 13.2 Å². The zero-order valence-corrected chi connectivity index (χ0v) is 17.5. The predicted molar refractivity (Wildman–Crippen MR) is 105 cm³/mol. The lowest BCUT2D eigenvalue weighted by atomic mass is 10.2. The van der Waals surface area contributed by atoms with Crippen LogP contribution >= 0.6 is 0 Å². The smallest absolute Gasteiger partial charge is 0.434 e. The van der Waals surface area contributed by atoms with Crippen LogP contribution in [0.5, 0.6) is 0 Å². The maximum atomic E-state index is 13.1. The van der Waals surface area contributed by atoms with Crippen LogP contribution in [0.4, 0.5) is 18.0 Å². The van der Waals surface area contributed by atoms with Crippen molar-refractivity contribution in [2.75, 3.05) is 19.8 Å². The standard InChI is InChI=1S/C20H25F3N2O7/c1-3-5-6-7-9-30-19(28)31-12-15-14(29-8-4-2)10-16(32-15)25-11-13(20(21,22)23)17(26)24-18(25)27/h2,11,14-16H,3,5-10,12H2,1H3,(H,24,26,27)/t14-,15+,16+/m0/s1. The molecule has 1 aromatic rings. The summed E-state index contributed by atoms with van der Waals surface area (Å²) in [7, 11) is 0. The monoisotopic (exact) mass is 462 g/mol. The third kappa shape index (κ3) is 7.13. The van der Waals surface area contributed by atoms with Gasteiger partial charge < -0.3 is 18.9 Å². The summed E-state index contributed by atoms with van der Waals surface area (Å²) in [5.74, 6) is 2.25. The number of unbranched alkanes of at least 4 members (excludes halogenated alkanes) is 3. The molecule has 0 aromatic carbocycles. The summed E-state index contributed by atoms with van der Waals surface area (Å²) in [6.45, 7) is 1.78. The van der Waals surface area contributed by atoms with Crippen LogP contribution in [-0.2, 0) is 25.1 Å². The quantitative estimate of drug-likeness (QED) is 0.323. The molecule has 0 saturated carbocycles. The van der Waals surface area contributed by atoms with Crippen LogP contribution in [0.1, 0.15) is 50.8 Å². The molecule has 2 heterocycles. The van der Waals surface area contributed by atoms with Crippen LogP contribution < -0.4 is 11.2 Å². The Morgan fingerprint density at radius 3 is 2.72 bits per heavy atom. The average molecular weight is 462 g/mol.